The molecule has 0 fully saturated rings. The SMILES string of the molecule is O=c1oc2ccccc2c2ncc(CCc3cc(CCc4cnc5c(c4)c(=O)oc4ccccc45)cc(-c4ccccc4-c4cnc(-c5ccccc5)cc4-c4ccc5c(c4)oc4ccccc45)c3)cc12. The molecule has 13 aromatic rings. The van der Waals surface area contributed by atoms with Gasteiger partial charge in [0.15, 0.2) is 0 Å². The number of fused-ring (bicyclic) bond motifs is 9. The fraction of sp³-hybridized carbons (Fsp3) is 0.0635. The normalized spacial score (nSPS) is 11.7. The maximum absolute atomic E-state index is 13.2. The van der Waals surface area contributed by atoms with E-state index in [2.05, 4.69) is 84.9 Å². The van der Waals surface area contributed by atoms with Crippen LogP contribution in [0.15, 0.2) is 223 Å². The molecule has 7 aromatic carbocycles. The van der Waals surface area contributed by atoms with Crippen LogP contribution in [0.1, 0.15) is 22.3 Å². The molecule has 13 rings (SSSR count). The van der Waals surface area contributed by atoms with Crippen molar-refractivity contribution in [3.8, 4) is 44.6 Å². The van der Waals surface area contributed by atoms with Crippen molar-refractivity contribution in [1.82, 2.24) is 15.0 Å². The van der Waals surface area contributed by atoms with Gasteiger partial charge in [0.05, 0.1) is 27.5 Å². The Balaban J connectivity index is 0.913. The first-order valence-corrected chi connectivity index (χ1v) is 23.8. The summed E-state index contributed by atoms with van der Waals surface area (Å²) in [5, 5.41) is 4.71. The van der Waals surface area contributed by atoms with E-state index in [4.69, 9.17) is 28.2 Å². The van der Waals surface area contributed by atoms with E-state index in [0.29, 0.717) is 58.7 Å². The van der Waals surface area contributed by atoms with Gasteiger partial charge in [-0.05, 0) is 136 Å². The van der Waals surface area contributed by atoms with Crippen molar-refractivity contribution in [1.29, 1.82) is 0 Å². The van der Waals surface area contributed by atoms with E-state index >= 15 is 0 Å². The Morgan fingerprint density at radius 2 is 0.831 bits per heavy atom. The second-order valence-corrected chi connectivity index (χ2v) is 18.1. The quantitative estimate of drug-likeness (QED) is 0.0985. The van der Waals surface area contributed by atoms with Gasteiger partial charge in [0, 0.05) is 51.3 Å². The Kier molecular flexibility index (Phi) is 10.2. The largest absolute Gasteiger partial charge is 0.456 e. The lowest BCUT2D eigenvalue weighted by Gasteiger charge is -2.17. The zero-order valence-corrected chi connectivity index (χ0v) is 38.3. The molecule has 8 nitrogen and oxygen atoms in total. The van der Waals surface area contributed by atoms with Crippen LogP contribution in [-0.4, -0.2) is 15.0 Å². The van der Waals surface area contributed by atoms with Crippen LogP contribution in [0.2, 0.25) is 0 Å². The molecule has 8 heteroatoms. The highest BCUT2D eigenvalue weighted by Gasteiger charge is 2.19. The summed E-state index contributed by atoms with van der Waals surface area (Å²) >= 11 is 0. The molecule has 6 aromatic heterocycles. The van der Waals surface area contributed by atoms with Crippen LogP contribution in [0.25, 0.3) is 110 Å². The van der Waals surface area contributed by atoms with Gasteiger partial charge in [0.25, 0.3) is 0 Å². The summed E-state index contributed by atoms with van der Waals surface area (Å²) in [7, 11) is 0. The molecule has 71 heavy (non-hydrogen) atoms. The molecule has 0 aliphatic rings. The van der Waals surface area contributed by atoms with E-state index in [1.165, 1.54) is 0 Å². The summed E-state index contributed by atoms with van der Waals surface area (Å²) in [5.41, 5.74) is 15.5. The van der Waals surface area contributed by atoms with Crippen molar-refractivity contribution in [2.45, 2.75) is 25.7 Å². The summed E-state index contributed by atoms with van der Waals surface area (Å²) in [6.45, 7) is 0. The standard InChI is InChI=1S/C63H41N3O5/c67-62-52-31-40(35-65-60(52)49-17-7-10-20-57(49)70-62)24-22-38-28-39(23-25-41-32-53-61(66-36-41)50-18-8-11-21-58(50)71-63(53)68)30-44(29-38)45-14-4-5-15-46(45)54-37-64-55(42-12-2-1-3-13-42)34-51(54)43-26-27-48-47-16-6-9-19-56(47)69-59(48)33-43/h1-21,26-37H,22-25H2. The van der Waals surface area contributed by atoms with Crippen LogP contribution < -0.4 is 11.3 Å². The van der Waals surface area contributed by atoms with Gasteiger partial charge in [-0.1, -0.05) is 121 Å². The second kappa shape index (κ2) is 17.4. The molecular weight excluding hydrogens is 879 g/mol. The molecule has 338 valence electrons. The number of hydrogen-bond acceptors (Lipinski definition) is 8. The van der Waals surface area contributed by atoms with Crippen LogP contribution in [0.3, 0.4) is 0 Å². The monoisotopic (exact) mass is 919 g/mol. The first-order chi connectivity index (χ1) is 35.0. The maximum Gasteiger partial charge on any atom is 0.345 e. The highest BCUT2D eigenvalue weighted by atomic mass is 16.4. The van der Waals surface area contributed by atoms with Crippen LogP contribution in [0.4, 0.5) is 0 Å². The van der Waals surface area contributed by atoms with Gasteiger partial charge < -0.3 is 13.3 Å². The highest BCUT2D eigenvalue weighted by molar-refractivity contribution is 6.07. The molecule has 0 bridgehead atoms. The number of aryl methyl sites for hydroxylation is 4. The van der Waals surface area contributed by atoms with E-state index < -0.39 is 11.3 Å². The van der Waals surface area contributed by atoms with Crippen molar-refractivity contribution in [2.24, 2.45) is 0 Å². The first-order valence-electron chi connectivity index (χ1n) is 23.8. The molecule has 0 unspecified atom stereocenters. The van der Waals surface area contributed by atoms with Crippen molar-refractivity contribution in [3.63, 3.8) is 0 Å². The lowest BCUT2D eigenvalue weighted by Crippen LogP contribution is -2.04. The smallest absolute Gasteiger partial charge is 0.345 e. The Bertz CT molecular complexity index is 4210. The average molecular weight is 920 g/mol. The van der Waals surface area contributed by atoms with E-state index in [1.807, 2.05) is 104 Å². The second-order valence-electron chi connectivity index (χ2n) is 18.1. The minimum Gasteiger partial charge on any atom is -0.456 e. The van der Waals surface area contributed by atoms with Crippen LogP contribution in [-0.2, 0) is 25.7 Å². The molecule has 0 saturated carbocycles. The number of benzene rings is 7. The van der Waals surface area contributed by atoms with Gasteiger partial charge in [0.1, 0.15) is 22.3 Å². The number of hydrogen-bond donors (Lipinski definition) is 0. The number of aromatic nitrogens is 3. The fourth-order valence-corrected chi connectivity index (χ4v) is 10.2. The molecule has 0 amide bonds. The van der Waals surface area contributed by atoms with Gasteiger partial charge in [-0.25, -0.2) is 9.59 Å². The van der Waals surface area contributed by atoms with E-state index in [-0.39, 0.29) is 0 Å². The molecule has 6 heterocycles. The third kappa shape index (κ3) is 7.72. The van der Waals surface area contributed by atoms with Gasteiger partial charge in [-0.2, -0.15) is 0 Å². The number of para-hydroxylation sites is 3. The summed E-state index contributed by atoms with van der Waals surface area (Å²) in [4.78, 5) is 41.1. The number of rotatable bonds is 10. The molecule has 0 radical (unpaired) electrons. The summed E-state index contributed by atoms with van der Waals surface area (Å²) in [6.07, 6.45) is 8.43. The lowest BCUT2D eigenvalue weighted by molar-refractivity contribution is 0.569. The van der Waals surface area contributed by atoms with Crippen molar-refractivity contribution in [3.05, 3.63) is 244 Å². The molecule has 0 aliphatic heterocycles. The van der Waals surface area contributed by atoms with E-state index in [0.717, 1.165) is 99.6 Å². The molecule has 0 N–H and O–H groups in total. The predicted molar refractivity (Wildman–Crippen MR) is 284 cm³/mol. The van der Waals surface area contributed by atoms with Gasteiger partial charge in [-0.15, -0.1) is 0 Å². The molecular formula is C63H41N3O5. The summed E-state index contributed by atoms with van der Waals surface area (Å²) in [5.74, 6) is 0. The minimum atomic E-state index is -0.397. The topological polar surface area (TPSA) is 112 Å². The molecule has 0 atom stereocenters. The fourth-order valence-electron chi connectivity index (χ4n) is 10.2. The summed E-state index contributed by atoms with van der Waals surface area (Å²) in [6, 6.07) is 61.3. The minimum absolute atomic E-state index is 0.397. The van der Waals surface area contributed by atoms with E-state index in [9.17, 15) is 9.59 Å². The Hall–Kier alpha value is -9.27. The lowest BCUT2D eigenvalue weighted by atomic mass is 9.87. The van der Waals surface area contributed by atoms with Gasteiger partial charge >= 0.3 is 11.3 Å². The van der Waals surface area contributed by atoms with Crippen LogP contribution >= 0.6 is 0 Å². The Morgan fingerprint density at radius 1 is 0.310 bits per heavy atom. The first kappa shape index (κ1) is 41.9. The Morgan fingerprint density at radius 3 is 1.46 bits per heavy atom. The van der Waals surface area contributed by atoms with Crippen molar-refractivity contribution < 1.29 is 13.3 Å². The third-order valence-electron chi connectivity index (χ3n) is 13.7. The Labute approximate surface area is 406 Å². The third-order valence-corrected chi connectivity index (χ3v) is 13.7. The van der Waals surface area contributed by atoms with E-state index in [1.54, 1.807) is 12.1 Å². The summed E-state index contributed by atoms with van der Waals surface area (Å²) < 4.78 is 17.8. The predicted octanol–water partition coefficient (Wildman–Crippen LogP) is 14.5. The van der Waals surface area contributed by atoms with Crippen molar-refractivity contribution in [2.75, 3.05) is 0 Å². The maximum atomic E-state index is 13.2. The molecule has 0 saturated heterocycles. The van der Waals surface area contributed by atoms with Gasteiger partial charge in [0.2, 0.25) is 0 Å². The van der Waals surface area contributed by atoms with Crippen LogP contribution in [0.5, 0.6) is 0 Å². The van der Waals surface area contributed by atoms with Crippen LogP contribution in [0, 0.1) is 0 Å². The zero-order valence-electron chi connectivity index (χ0n) is 38.3. The average Bonchev–Trinajstić information content (AvgIpc) is 3.80. The van der Waals surface area contributed by atoms with Crippen molar-refractivity contribution >= 4 is 65.7 Å². The zero-order chi connectivity index (χ0) is 47.4. The number of nitrogens with zero attached hydrogens (tertiary/aromatic N) is 3. The van der Waals surface area contributed by atoms with Gasteiger partial charge in [-0.3, -0.25) is 15.0 Å². The highest BCUT2D eigenvalue weighted by Crippen LogP contribution is 2.42. The molecule has 0 spiro atoms. The number of furan rings is 1. The molecule has 0 aliphatic carbocycles. The number of pyridine rings is 3.